The maximum atomic E-state index is 13.6. The van der Waals surface area contributed by atoms with E-state index in [9.17, 15) is 9.59 Å². The van der Waals surface area contributed by atoms with Crippen LogP contribution in [0.25, 0.3) is 10.9 Å². The fourth-order valence-corrected chi connectivity index (χ4v) is 4.97. The fourth-order valence-electron chi connectivity index (χ4n) is 4.97. The lowest BCUT2D eigenvalue weighted by Gasteiger charge is -2.41. The number of hydrogen-bond acceptors (Lipinski definition) is 5. The number of amides is 1. The third-order valence-electron chi connectivity index (χ3n) is 7.08. The monoisotopic (exact) mass is 482 g/mol. The summed E-state index contributed by atoms with van der Waals surface area (Å²) >= 11 is 0. The molecule has 5 rings (SSSR count). The lowest BCUT2D eigenvalue weighted by Crippen LogP contribution is -2.50. The molecule has 0 unspecified atom stereocenters. The Hall–Kier alpha value is -4.13. The Bertz CT molecular complexity index is 1390. The zero-order valence-corrected chi connectivity index (χ0v) is 20.4. The quantitative estimate of drug-likeness (QED) is 0.415. The first-order valence-electron chi connectivity index (χ1n) is 12.3. The Morgan fingerprint density at radius 2 is 1.67 bits per heavy atom. The smallest absolute Gasteiger partial charge is 0.260 e. The van der Waals surface area contributed by atoms with Crippen molar-refractivity contribution in [1.29, 1.82) is 0 Å². The number of ether oxygens (including phenoxy) is 1. The van der Waals surface area contributed by atoms with Crippen LogP contribution in [-0.4, -0.2) is 36.1 Å². The zero-order chi connectivity index (χ0) is 25.0. The first-order valence-corrected chi connectivity index (χ1v) is 12.3. The Morgan fingerprint density at radius 1 is 1.00 bits per heavy atom. The molecule has 1 amide bonds. The van der Waals surface area contributed by atoms with Gasteiger partial charge in [0, 0.05) is 19.6 Å². The molecular weight excluding hydrogens is 452 g/mol. The molecule has 7 heteroatoms. The highest BCUT2D eigenvalue weighted by molar-refractivity contribution is 5.83. The van der Waals surface area contributed by atoms with E-state index < -0.39 is 5.41 Å². The summed E-state index contributed by atoms with van der Waals surface area (Å²) in [5.74, 6) is 1.23. The molecule has 0 aliphatic carbocycles. The second kappa shape index (κ2) is 10.2. The first kappa shape index (κ1) is 23.6. The second-order valence-electron chi connectivity index (χ2n) is 9.37. The molecule has 1 aliphatic rings. The predicted octanol–water partition coefficient (Wildman–Crippen LogP) is 4.08. The van der Waals surface area contributed by atoms with Crippen molar-refractivity contribution in [1.82, 2.24) is 15.3 Å². The summed E-state index contributed by atoms with van der Waals surface area (Å²) in [5.41, 5.74) is 2.11. The van der Waals surface area contributed by atoms with Crippen molar-refractivity contribution < 1.29 is 9.53 Å². The summed E-state index contributed by atoms with van der Waals surface area (Å²) in [6, 6.07) is 25.4. The van der Waals surface area contributed by atoms with E-state index in [0.29, 0.717) is 61.5 Å². The molecule has 0 bridgehead atoms. The molecule has 1 aromatic heterocycles. The minimum atomic E-state index is -0.531. The molecule has 3 aromatic carbocycles. The highest BCUT2D eigenvalue weighted by atomic mass is 16.5. The lowest BCUT2D eigenvalue weighted by atomic mass is 9.73. The second-order valence-corrected chi connectivity index (χ2v) is 9.37. The lowest BCUT2D eigenvalue weighted by molar-refractivity contribution is -0.132. The van der Waals surface area contributed by atoms with Crippen molar-refractivity contribution in [2.24, 2.45) is 5.41 Å². The molecule has 4 aromatic rings. The van der Waals surface area contributed by atoms with Gasteiger partial charge in [-0.05, 0) is 48.6 Å². The SMILES string of the molecule is COc1ccc2nc(N3CCC(Cc4ccccc4)(C(=O)NCc4ccccc4)CC3)[nH]c(=O)c2c1. The number of methoxy groups -OCH3 is 1. The minimum Gasteiger partial charge on any atom is -0.497 e. The summed E-state index contributed by atoms with van der Waals surface area (Å²) in [6.07, 6.45) is 1.99. The van der Waals surface area contributed by atoms with Crippen LogP contribution in [0.3, 0.4) is 0 Å². The van der Waals surface area contributed by atoms with Gasteiger partial charge >= 0.3 is 0 Å². The van der Waals surface area contributed by atoms with E-state index in [1.54, 1.807) is 25.3 Å². The summed E-state index contributed by atoms with van der Waals surface area (Å²) < 4.78 is 5.24. The molecule has 36 heavy (non-hydrogen) atoms. The number of H-pyrrole nitrogens is 1. The maximum absolute atomic E-state index is 13.6. The minimum absolute atomic E-state index is 0.0712. The fraction of sp³-hybridized carbons (Fsp3) is 0.276. The van der Waals surface area contributed by atoms with Gasteiger partial charge in [0.25, 0.3) is 5.56 Å². The molecule has 0 radical (unpaired) electrons. The Kier molecular flexibility index (Phi) is 6.71. The van der Waals surface area contributed by atoms with Gasteiger partial charge in [-0.15, -0.1) is 0 Å². The van der Waals surface area contributed by atoms with Crippen LogP contribution >= 0.6 is 0 Å². The summed E-state index contributed by atoms with van der Waals surface area (Å²) in [4.78, 5) is 36.1. The van der Waals surface area contributed by atoms with Crippen LogP contribution in [0.2, 0.25) is 0 Å². The number of fused-ring (bicyclic) bond motifs is 1. The molecule has 2 N–H and O–H groups in total. The van der Waals surface area contributed by atoms with Gasteiger partial charge in [0.2, 0.25) is 11.9 Å². The topological polar surface area (TPSA) is 87.3 Å². The number of rotatable bonds is 7. The number of hydrogen-bond donors (Lipinski definition) is 2. The number of aromatic amines is 1. The van der Waals surface area contributed by atoms with Gasteiger partial charge in [-0.3, -0.25) is 14.6 Å². The van der Waals surface area contributed by atoms with Crippen LogP contribution in [-0.2, 0) is 17.8 Å². The van der Waals surface area contributed by atoms with Gasteiger partial charge in [0.15, 0.2) is 0 Å². The van der Waals surface area contributed by atoms with E-state index in [4.69, 9.17) is 9.72 Å². The van der Waals surface area contributed by atoms with Gasteiger partial charge in [0.05, 0.1) is 23.4 Å². The number of aromatic nitrogens is 2. The highest BCUT2D eigenvalue weighted by Crippen LogP contribution is 2.37. The van der Waals surface area contributed by atoms with E-state index in [1.807, 2.05) is 48.5 Å². The average Bonchev–Trinajstić information content (AvgIpc) is 2.93. The summed E-state index contributed by atoms with van der Waals surface area (Å²) in [6.45, 7) is 1.75. The van der Waals surface area contributed by atoms with Crippen LogP contribution in [0.4, 0.5) is 5.95 Å². The van der Waals surface area contributed by atoms with Crippen LogP contribution in [0.1, 0.15) is 24.0 Å². The van der Waals surface area contributed by atoms with Crippen molar-refractivity contribution in [3.63, 3.8) is 0 Å². The zero-order valence-electron chi connectivity index (χ0n) is 20.4. The van der Waals surface area contributed by atoms with E-state index in [1.165, 1.54) is 0 Å². The van der Waals surface area contributed by atoms with E-state index >= 15 is 0 Å². The third kappa shape index (κ3) is 4.96. The third-order valence-corrected chi connectivity index (χ3v) is 7.08. The van der Waals surface area contributed by atoms with E-state index in [-0.39, 0.29) is 11.5 Å². The summed E-state index contributed by atoms with van der Waals surface area (Å²) in [5, 5.41) is 3.68. The number of anilines is 1. The van der Waals surface area contributed by atoms with Gasteiger partial charge in [-0.2, -0.15) is 0 Å². The Labute approximate surface area is 210 Å². The standard InChI is InChI=1S/C29H30N4O3/c1-36-23-12-13-25-24(18-23)26(34)32-28(31-25)33-16-14-29(15-17-33,19-21-8-4-2-5-9-21)27(35)30-20-22-10-6-3-7-11-22/h2-13,18H,14-17,19-20H2,1H3,(H,30,35)(H,31,32,34). The number of benzene rings is 3. The van der Waals surface area contributed by atoms with Crippen LogP contribution in [0.5, 0.6) is 5.75 Å². The molecule has 7 nitrogen and oxygen atoms in total. The Morgan fingerprint density at radius 3 is 2.33 bits per heavy atom. The van der Waals surface area contributed by atoms with Crippen LogP contribution in [0.15, 0.2) is 83.7 Å². The maximum Gasteiger partial charge on any atom is 0.260 e. The molecule has 2 heterocycles. The molecule has 184 valence electrons. The number of nitrogens with one attached hydrogen (secondary N) is 2. The molecule has 0 atom stereocenters. The van der Waals surface area contributed by atoms with Crippen LogP contribution in [0, 0.1) is 5.41 Å². The van der Waals surface area contributed by atoms with Crippen molar-refractivity contribution in [3.8, 4) is 5.75 Å². The number of piperidine rings is 1. The molecule has 0 saturated carbocycles. The van der Waals surface area contributed by atoms with Crippen LogP contribution < -0.4 is 20.5 Å². The normalized spacial score (nSPS) is 15.0. The predicted molar refractivity (Wildman–Crippen MR) is 141 cm³/mol. The largest absolute Gasteiger partial charge is 0.497 e. The van der Waals surface area contributed by atoms with Crippen molar-refractivity contribution in [2.45, 2.75) is 25.8 Å². The van der Waals surface area contributed by atoms with Crippen molar-refractivity contribution in [3.05, 3.63) is 100 Å². The molecule has 1 aliphatic heterocycles. The molecule has 1 saturated heterocycles. The molecule has 1 fully saturated rings. The van der Waals surface area contributed by atoms with Gasteiger partial charge in [-0.25, -0.2) is 4.98 Å². The van der Waals surface area contributed by atoms with Crippen molar-refractivity contribution >= 4 is 22.8 Å². The summed E-state index contributed by atoms with van der Waals surface area (Å²) in [7, 11) is 1.57. The van der Waals surface area contributed by atoms with Gasteiger partial charge < -0.3 is 15.0 Å². The number of carbonyl (C=O) groups excluding carboxylic acids is 1. The van der Waals surface area contributed by atoms with Crippen molar-refractivity contribution in [2.75, 3.05) is 25.1 Å². The number of carbonyl (C=O) groups is 1. The number of nitrogens with zero attached hydrogens (tertiary/aromatic N) is 2. The average molecular weight is 483 g/mol. The van der Waals surface area contributed by atoms with Gasteiger partial charge in [-0.1, -0.05) is 60.7 Å². The Balaban J connectivity index is 1.36. The van der Waals surface area contributed by atoms with E-state index in [0.717, 1.165) is 11.1 Å². The highest BCUT2D eigenvalue weighted by Gasteiger charge is 2.41. The van der Waals surface area contributed by atoms with Gasteiger partial charge in [0.1, 0.15) is 5.75 Å². The molecule has 0 spiro atoms. The first-order chi connectivity index (χ1) is 17.6. The molecular formula is C29H30N4O3. The van der Waals surface area contributed by atoms with E-state index in [2.05, 4.69) is 27.3 Å².